The molecule has 0 saturated heterocycles. The molecule has 6 heteroatoms. The predicted octanol–water partition coefficient (Wildman–Crippen LogP) is 1.08. The molecule has 0 aliphatic heterocycles. The molecule has 0 bridgehead atoms. The van der Waals surface area contributed by atoms with Crippen molar-refractivity contribution in [1.82, 2.24) is 5.27 Å². The number of rotatable bonds is 3. The van der Waals surface area contributed by atoms with Crippen molar-refractivity contribution in [2.45, 2.75) is 52.0 Å². The minimum absolute atomic E-state index is 0.0283. The molecule has 1 aromatic heterocycles. The summed E-state index contributed by atoms with van der Waals surface area (Å²) in [6, 6.07) is 0.178. The van der Waals surface area contributed by atoms with Gasteiger partial charge in [0.05, 0.1) is 0 Å². The summed E-state index contributed by atoms with van der Waals surface area (Å²) in [6.07, 6.45) is 5.44. The van der Waals surface area contributed by atoms with Crippen LogP contribution in [0.3, 0.4) is 0 Å². The van der Waals surface area contributed by atoms with Crippen LogP contribution in [0.2, 0.25) is 0 Å². The van der Waals surface area contributed by atoms with Crippen molar-refractivity contribution < 1.29 is 19.1 Å². The Morgan fingerprint density at radius 1 is 1.39 bits per heavy atom. The van der Waals surface area contributed by atoms with Crippen molar-refractivity contribution >= 4 is 17.6 Å². The molecule has 0 N–H and O–H groups in total. The lowest BCUT2D eigenvalue weighted by Gasteiger charge is -2.13. The van der Waals surface area contributed by atoms with E-state index in [-0.39, 0.29) is 17.7 Å². The highest BCUT2D eigenvalue weighted by Gasteiger charge is 2.35. The minimum atomic E-state index is -0.399. The molecule has 18 heavy (non-hydrogen) atoms. The van der Waals surface area contributed by atoms with Gasteiger partial charge in [-0.2, -0.15) is 0 Å². The third-order valence-electron chi connectivity index (χ3n) is 3.16. The van der Waals surface area contributed by atoms with Crippen LogP contribution in [0.15, 0.2) is 9.52 Å². The average Bonchev–Trinajstić information content (AvgIpc) is 2.73. The zero-order valence-corrected chi connectivity index (χ0v) is 10.7. The van der Waals surface area contributed by atoms with Crippen LogP contribution in [-0.4, -0.2) is 17.0 Å². The summed E-state index contributed by atoms with van der Waals surface area (Å²) < 4.78 is 6.63. The van der Waals surface area contributed by atoms with Crippen LogP contribution in [0.5, 0.6) is 0 Å². The minimum Gasteiger partial charge on any atom is -0.862 e. The third-order valence-corrected chi connectivity index (χ3v) is 3.16. The number of carbonyl (C=O) groups excluding carboxylic acids is 1. The second kappa shape index (κ2) is 5.29. The van der Waals surface area contributed by atoms with Gasteiger partial charge in [0, 0.05) is 19.8 Å². The second-order valence-corrected chi connectivity index (χ2v) is 4.65. The van der Waals surface area contributed by atoms with Crippen LogP contribution in [0.1, 0.15) is 62.5 Å². The van der Waals surface area contributed by atoms with Gasteiger partial charge >= 0.3 is 11.6 Å². The molecular formula is C12H17N3O3. The van der Waals surface area contributed by atoms with Gasteiger partial charge in [-0.25, -0.2) is 4.99 Å². The van der Waals surface area contributed by atoms with Crippen molar-refractivity contribution in [2.75, 3.05) is 0 Å². The summed E-state index contributed by atoms with van der Waals surface area (Å²) in [5.74, 6) is -0.549. The molecule has 1 fully saturated rings. The van der Waals surface area contributed by atoms with Crippen molar-refractivity contribution in [2.24, 2.45) is 4.99 Å². The van der Waals surface area contributed by atoms with E-state index in [9.17, 15) is 9.90 Å². The van der Waals surface area contributed by atoms with Gasteiger partial charge in [0.1, 0.15) is 0 Å². The molecular weight excluding hydrogens is 234 g/mol. The molecule has 1 aliphatic carbocycles. The van der Waals surface area contributed by atoms with Gasteiger partial charge in [0.2, 0.25) is 11.1 Å². The largest absolute Gasteiger partial charge is 0.862 e. The van der Waals surface area contributed by atoms with E-state index >= 15 is 0 Å². The standard InChI is InChI=1S/C12H17N3O3/c1-8(16)11-12(13-9(2)17)18-14-15(11)10-6-4-3-5-7-10/h10H,3-7H2,1-2H3. The lowest BCUT2D eigenvalue weighted by atomic mass is 9.95. The summed E-state index contributed by atoms with van der Waals surface area (Å²) >= 11 is 0. The molecule has 0 radical (unpaired) electrons. The number of ketones is 1. The molecule has 0 unspecified atom stereocenters. The SMILES string of the molecule is CC(=O)c1c(/N=C(\C)[O-])on[n+]1C1CCCCC1. The number of aliphatic imine (C=N–C) groups is 1. The van der Waals surface area contributed by atoms with Crippen LogP contribution in [0.25, 0.3) is 0 Å². The lowest BCUT2D eigenvalue weighted by molar-refractivity contribution is -0.788. The van der Waals surface area contributed by atoms with E-state index in [2.05, 4.69) is 10.3 Å². The van der Waals surface area contributed by atoms with Crippen molar-refractivity contribution in [3.8, 4) is 0 Å². The van der Waals surface area contributed by atoms with Crippen molar-refractivity contribution in [3.63, 3.8) is 0 Å². The number of hydrogen-bond donors (Lipinski definition) is 0. The lowest BCUT2D eigenvalue weighted by Crippen LogP contribution is -2.46. The molecule has 0 atom stereocenters. The van der Waals surface area contributed by atoms with Crippen LogP contribution in [0, 0.1) is 0 Å². The van der Waals surface area contributed by atoms with Gasteiger partial charge in [-0.05, 0) is 30.3 Å². The number of aromatic nitrogens is 2. The maximum absolute atomic E-state index is 11.7. The van der Waals surface area contributed by atoms with Crippen LogP contribution in [-0.2, 0) is 0 Å². The Hall–Kier alpha value is -1.72. The molecule has 1 saturated carbocycles. The summed E-state index contributed by atoms with van der Waals surface area (Å²) in [5, 5.41) is 14.9. The average molecular weight is 251 g/mol. The van der Waals surface area contributed by atoms with Gasteiger partial charge in [-0.15, -0.1) is 0 Å². The van der Waals surface area contributed by atoms with E-state index in [0.29, 0.717) is 5.69 Å². The van der Waals surface area contributed by atoms with Gasteiger partial charge in [0.25, 0.3) is 0 Å². The Morgan fingerprint density at radius 3 is 2.61 bits per heavy atom. The summed E-state index contributed by atoms with van der Waals surface area (Å²) in [7, 11) is 0. The highest BCUT2D eigenvalue weighted by Crippen LogP contribution is 2.26. The first kappa shape index (κ1) is 12.7. The third kappa shape index (κ3) is 2.57. The number of nitrogens with zero attached hydrogens (tertiary/aromatic N) is 3. The fourth-order valence-electron chi connectivity index (χ4n) is 2.37. The fourth-order valence-corrected chi connectivity index (χ4v) is 2.37. The van der Waals surface area contributed by atoms with E-state index in [4.69, 9.17) is 4.52 Å². The first-order valence-corrected chi connectivity index (χ1v) is 6.24. The molecule has 1 aliphatic rings. The fraction of sp³-hybridized carbons (Fsp3) is 0.667. The van der Waals surface area contributed by atoms with Crippen LogP contribution in [0.4, 0.5) is 5.88 Å². The molecule has 0 spiro atoms. The first-order valence-electron chi connectivity index (χ1n) is 6.24. The smallest absolute Gasteiger partial charge is 0.342 e. The first-order chi connectivity index (χ1) is 8.59. The maximum atomic E-state index is 11.7. The van der Waals surface area contributed by atoms with E-state index in [1.165, 1.54) is 20.3 Å². The van der Waals surface area contributed by atoms with Crippen LogP contribution < -0.4 is 9.79 Å². The molecule has 1 heterocycles. The molecule has 0 amide bonds. The normalized spacial score (nSPS) is 18.0. The van der Waals surface area contributed by atoms with E-state index in [0.717, 1.165) is 25.7 Å². The second-order valence-electron chi connectivity index (χ2n) is 4.65. The molecule has 6 nitrogen and oxygen atoms in total. The zero-order valence-electron chi connectivity index (χ0n) is 10.7. The zero-order chi connectivity index (χ0) is 13.1. The Kier molecular flexibility index (Phi) is 3.74. The Bertz CT molecular complexity index is 469. The van der Waals surface area contributed by atoms with Crippen molar-refractivity contribution in [3.05, 3.63) is 5.69 Å². The molecule has 98 valence electrons. The molecule has 0 aromatic carbocycles. The van der Waals surface area contributed by atoms with Gasteiger partial charge in [-0.1, -0.05) is 6.42 Å². The van der Waals surface area contributed by atoms with Gasteiger partial charge in [-0.3, -0.25) is 9.32 Å². The highest BCUT2D eigenvalue weighted by molar-refractivity contribution is 5.94. The Balaban J connectivity index is 2.38. The quantitative estimate of drug-likeness (QED) is 0.348. The summed E-state index contributed by atoms with van der Waals surface area (Å²) in [5.41, 5.74) is 0.303. The Labute approximate surface area is 105 Å². The Morgan fingerprint density at radius 2 is 2.06 bits per heavy atom. The summed E-state index contributed by atoms with van der Waals surface area (Å²) in [6.45, 7) is 2.75. The highest BCUT2D eigenvalue weighted by atomic mass is 16.5. The number of hydrogen-bond acceptors (Lipinski definition) is 5. The maximum Gasteiger partial charge on any atom is 0.342 e. The van der Waals surface area contributed by atoms with Gasteiger partial charge < -0.3 is 5.11 Å². The van der Waals surface area contributed by atoms with Gasteiger partial charge in [0.15, 0.2) is 6.04 Å². The monoisotopic (exact) mass is 251 g/mol. The number of Topliss-reactive ketones (excluding diaryl/α,β-unsaturated/α-hetero) is 1. The predicted molar refractivity (Wildman–Crippen MR) is 61.6 cm³/mol. The van der Waals surface area contributed by atoms with E-state index in [1.54, 1.807) is 4.68 Å². The number of carbonyl (C=O) groups is 1. The molecule has 1 aromatic rings. The van der Waals surface area contributed by atoms with Crippen LogP contribution >= 0.6 is 0 Å². The summed E-state index contributed by atoms with van der Waals surface area (Å²) in [4.78, 5) is 15.4. The van der Waals surface area contributed by atoms with Crippen molar-refractivity contribution in [1.29, 1.82) is 0 Å². The van der Waals surface area contributed by atoms with E-state index in [1.807, 2.05) is 0 Å². The topological polar surface area (TPSA) is 82.4 Å². The molecule has 2 rings (SSSR count). The van der Waals surface area contributed by atoms with E-state index < -0.39 is 5.90 Å².